The second-order valence-electron chi connectivity index (χ2n) is 6.32. The zero-order valence-corrected chi connectivity index (χ0v) is 15.4. The Labute approximate surface area is 157 Å². The summed E-state index contributed by atoms with van der Waals surface area (Å²) in [4.78, 5) is 23.6. The summed E-state index contributed by atoms with van der Waals surface area (Å²) in [7, 11) is 0. The van der Waals surface area contributed by atoms with Crippen molar-refractivity contribution in [3.05, 3.63) is 77.0 Å². The van der Waals surface area contributed by atoms with Crippen molar-refractivity contribution >= 4 is 28.9 Å². The third-order valence-corrected chi connectivity index (χ3v) is 4.23. The molecule has 2 aromatic carbocycles. The number of anilines is 3. The van der Waals surface area contributed by atoms with Crippen molar-refractivity contribution in [2.45, 2.75) is 20.8 Å². The SMILES string of the molecule is CC(=O)c1ccc(NC(=O)c2ccc(Nc3ccc(C)c(C)c3)nn2)cc1. The molecule has 1 amide bonds. The molecule has 0 spiro atoms. The number of carbonyl (C=O) groups is 2. The van der Waals surface area contributed by atoms with E-state index in [0.717, 1.165) is 5.69 Å². The molecule has 0 aliphatic rings. The zero-order chi connectivity index (χ0) is 19.4. The van der Waals surface area contributed by atoms with Crippen molar-refractivity contribution in [1.29, 1.82) is 0 Å². The van der Waals surface area contributed by atoms with Gasteiger partial charge in [0.15, 0.2) is 17.3 Å². The van der Waals surface area contributed by atoms with Gasteiger partial charge in [-0.2, -0.15) is 0 Å². The van der Waals surface area contributed by atoms with Crippen LogP contribution in [0.1, 0.15) is 38.9 Å². The molecule has 0 bridgehead atoms. The van der Waals surface area contributed by atoms with Gasteiger partial charge in [0.2, 0.25) is 0 Å². The highest BCUT2D eigenvalue weighted by Gasteiger charge is 2.09. The van der Waals surface area contributed by atoms with Crippen LogP contribution in [0.4, 0.5) is 17.2 Å². The number of aryl methyl sites for hydroxylation is 2. The quantitative estimate of drug-likeness (QED) is 0.663. The Morgan fingerprint density at radius 3 is 2.11 bits per heavy atom. The second kappa shape index (κ2) is 7.78. The second-order valence-corrected chi connectivity index (χ2v) is 6.32. The smallest absolute Gasteiger partial charge is 0.276 e. The van der Waals surface area contributed by atoms with E-state index in [9.17, 15) is 9.59 Å². The van der Waals surface area contributed by atoms with Crippen LogP contribution < -0.4 is 10.6 Å². The molecule has 0 aliphatic heterocycles. The molecule has 1 aromatic heterocycles. The van der Waals surface area contributed by atoms with Gasteiger partial charge in [-0.05, 0) is 80.4 Å². The molecule has 6 nitrogen and oxygen atoms in total. The Morgan fingerprint density at radius 1 is 0.815 bits per heavy atom. The summed E-state index contributed by atoms with van der Waals surface area (Å²) < 4.78 is 0. The first-order valence-corrected chi connectivity index (χ1v) is 8.53. The van der Waals surface area contributed by atoms with Crippen molar-refractivity contribution in [2.24, 2.45) is 0 Å². The van der Waals surface area contributed by atoms with Crippen LogP contribution in [-0.2, 0) is 0 Å². The van der Waals surface area contributed by atoms with Crippen LogP contribution in [0.25, 0.3) is 0 Å². The van der Waals surface area contributed by atoms with E-state index >= 15 is 0 Å². The van der Waals surface area contributed by atoms with E-state index in [1.165, 1.54) is 18.1 Å². The van der Waals surface area contributed by atoms with Gasteiger partial charge in [-0.3, -0.25) is 9.59 Å². The number of Topliss-reactive ketones (excluding diaryl/α,β-unsaturated/α-hetero) is 1. The zero-order valence-electron chi connectivity index (χ0n) is 15.4. The van der Waals surface area contributed by atoms with Gasteiger partial charge in [0.1, 0.15) is 0 Å². The summed E-state index contributed by atoms with van der Waals surface area (Å²) in [5, 5.41) is 13.9. The normalized spacial score (nSPS) is 10.3. The molecule has 136 valence electrons. The summed E-state index contributed by atoms with van der Waals surface area (Å²) in [6, 6.07) is 16.0. The van der Waals surface area contributed by atoms with E-state index in [4.69, 9.17) is 0 Å². The average Bonchev–Trinajstić information content (AvgIpc) is 2.66. The van der Waals surface area contributed by atoms with Gasteiger partial charge in [-0.15, -0.1) is 10.2 Å². The largest absolute Gasteiger partial charge is 0.339 e. The number of benzene rings is 2. The van der Waals surface area contributed by atoms with Crippen molar-refractivity contribution < 1.29 is 9.59 Å². The molecule has 0 unspecified atom stereocenters. The lowest BCUT2D eigenvalue weighted by molar-refractivity contribution is 0.101. The van der Waals surface area contributed by atoms with Gasteiger partial charge in [-0.1, -0.05) is 6.07 Å². The first kappa shape index (κ1) is 18.3. The summed E-state index contributed by atoms with van der Waals surface area (Å²) in [6.45, 7) is 5.60. The Kier molecular flexibility index (Phi) is 5.26. The number of hydrogen-bond acceptors (Lipinski definition) is 5. The average molecular weight is 360 g/mol. The number of nitrogens with one attached hydrogen (secondary N) is 2. The molecule has 0 atom stereocenters. The van der Waals surface area contributed by atoms with Crippen molar-refractivity contribution in [3.8, 4) is 0 Å². The fourth-order valence-electron chi connectivity index (χ4n) is 2.47. The predicted octanol–water partition coefficient (Wildman–Crippen LogP) is 4.29. The highest BCUT2D eigenvalue weighted by molar-refractivity contribution is 6.03. The fourth-order valence-corrected chi connectivity index (χ4v) is 2.47. The molecule has 1 heterocycles. The monoisotopic (exact) mass is 360 g/mol. The van der Waals surface area contributed by atoms with Gasteiger partial charge in [0.25, 0.3) is 5.91 Å². The Morgan fingerprint density at radius 2 is 1.52 bits per heavy atom. The van der Waals surface area contributed by atoms with Crippen LogP contribution in [0.3, 0.4) is 0 Å². The molecular weight excluding hydrogens is 340 g/mol. The molecule has 3 aromatic rings. The minimum Gasteiger partial charge on any atom is -0.339 e. The summed E-state index contributed by atoms with van der Waals surface area (Å²) in [5.41, 5.74) is 4.69. The highest BCUT2D eigenvalue weighted by atomic mass is 16.2. The molecule has 0 aliphatic carbocycles. The lowest BCUT2D eigenvalue weighted by Crippen LogP contribution is -2.14. The van der Waals surface area contributed by atoms with Crippen LogP contribution in [0.15, 0.2) is 54.6 Å². The standard InChI is InChI=1S/C21H20N4O2/c1-13-4-7-18(12-14(13)2)22-20-11-10-19(24-25-20)21(27)23-17-8-5-16(6-9-17)15(3)26/h4-12H,1-3H3,(H,22,25)(H,23,27). The number of hydrogen-bond donors (Lipinski definition) is 2. The fraction of sp³-hybridized carbons (Fsp3) is 0.143. The number of amides is 1. The number of rotatable bonds is 5. The maximum atomic E-state index is 12.3. The molecule has 27 heavy (non-hydrogen) atoms. The van der Waals surface area contributed by atoms with Crippen LogP contribution in [0.2, 0.25) is 0 Å². The first-order valence-electron chi connectivity index (χ1n) is 8.53. The topological polar surface area (TPSA) is 84.0 Å². The van der Waals surface area contributed by atoms with Crippen LogP contribution in [-0.4, -0.2) is 21.9 Å². The van der Waals surface area contributed by atoms with E-state index < -0.39 is 0 Å². The summed E-state index contributed by atoms with van der Waals surface area (Å²) in [6.07, 6.45) is 0. The van der Waals surface area contributed by atoms with Gasteiger partial charge < -0.3 is 10.6 Å². The Balaban J connectivity index is 1.66. The highest BCUT2D eigenvalue weighted by Crippen LogP contribution is 2.18. The van der Waals surface area contributed by atoms with Crippen LogP contribution in [0, 0.1) is 13.8 Å². The van der Waals surface area contributed by atoms with E-state index in [-0.39, 0.29) is 17.4 Å². The van der Waals surface area contributed by atoms with Crippen molar-refractivity contribution in [2.75, 3.05) is 10.6 Å². The van der Waals surface area contributed by atoms with Crippen molar-refractivity contribution in [1.82, 2.24) is 10.2 Å². The third-order valence-electron chi connectivity index (χ3n) is 4.23. The minimum absolute atomic E-state index is 0.0226. The number of ketones is 1. The number of aromatic nitrogens is 2. The lowest BCUT2D eigenvalue weighted by Gasteiger charge is -2.08. The lowest BCUT2D eigenvalue weighted by atomic mass is 10.1. The molecule has 2 N–H and O–H groups in total. The molecule has 3 rings (SSSR count). The summed E-state index contributed by atoms with van der Waals surface area (Å²) >= 11 is 0. The predicted molar refractivity (Wildman–Crippen MR) is 106 cm³/mol. The van der Waals surface area contributed by atoms with Crippen molar-refractivity contribution in [3.63, 3.8) is 0 Å². The summed E-state index contributed by atoms with van der Waals surface area (Å²) in [5.74, 6) is 0.169. The molecule has 0 saturated heterocycles. The minimum atomic E-state index is -0.365. The number of carbonyl (C=O) groups excluding carboxylic acids is 2. The first-order chi connectivity index (χ1) is 12.9. The van der Waals surface area contributed by atoms with E-state index in [1.807, 2.05) is 25.1 Å². The van der Waals surface area contributed by atoms with Gasteiger partial charge in [0, 0.05) is 16.9 Å². The maximum Gasteiger partial charge on any atom is 0.276 e. The van der Waals surface area contributed by atoms with Gasteiger partial charge >= 0.3 is 0 Å². The van der Waals surface area contributed by atoms with Crippen LogP contribution >= 0.6 is 0 Å². The molecule has 0 radical (unpaired) electrons. The molecule has 6 heteroatoms. The van der Waals surface area contributed by atoms with Gasteiger partial charge in [0.05, 0.1) is 0 Å². The van der Waals surface area contributed by atoms with Crippen LogP contribution in [0.5, 0.6) is 0 Å². The molecular formula is C21H20N4O2. The Bertz CT molecular complexity index is 980. The van der Waals surface area contributed by atoms with E-state index in [2.05, 4.69) is 27.8 Å². The Hall–Kier alpha value is -3.54. The molecule has 0 fully saturated rings. The molecule has 0 saturated carbocycles. The van der Waals surface area contributed by atoms with E-state index in [0.29, 0.717) is 17.1 Å². The maximum absolute atomic E-state index is 12.3. The van der Waals surface area contributed by atoms with E-state index in [1.54, 1.807) is 36.4 Å². The van der Waals surface area contributed by atoms with Gasteiger partial charge in [-0.25, -0.2) is 0 Å². The number of nitrogens with zero attached hydrogens (tertiary/aromatic N) is 2. The third kappa shape index (κ3) is 4.55.